The van der Waals surface area contributed by atoms with Gasteiger partial charge in [0.15, 0.2) is 10.5 Å². The van der Waals surface area contributed by atoms with Crippen LogP contribution in [0.1, 0.15) is 10.6 Å². The van der Waals surface area contributed by atoms with Gasteiger partial charge in [-0.15, -0.1) is 11.3 Å². The van der Waals surface area contributed by atoms with E-state index in [0.29, 0.717) is 22.0 Å². The topological polar surface area (TPSA) is 82.0 Å². The molecule has 2 aromatic heterocycles. The second kappa shape index (κ2) is 6.15. The molecule has 0 fully saturated rings. The lowest BCUT2D eigenvalue weighted by Gasteiger charge is -2.19. The first-order valence-electron chi connectivity index (χ1n) is 6.87. The van der Waals surface area contributed by atoms with Crippen molar-refractivity contribution in [3.8, 4) is 0 Å². The van der Waals surface area contributed by atoms with Crippen LogP contribution in [0.3, 0.4) is 0 Å². The highest BCUT2D eigenvalue weighted by molar-refractivity contribution is 9.10. The number of halogens is 1. The standard InChI is InChI=1S/C15H9BrN4O2S2/c16-11-4-3-8(22-11)6-10-13(17)20-15(18-14(10)21)24-12(19-20)7-9-2-1-5-23-9/h1-6,17H,7H2. The summed E-state index contributed by atoms with van der Waals surface area (Å²) >= 11 is 6.18. The summed E-state index contributed by atoms with van der Waals surface area (Å²) in [6.45, 7) is 0. The second-order valence-corrected chi connectivity index (χ2v) is 7.77. The van der Waals surface area contributed by atoms with Gasteiger partial charge < -0.3 is 4.42 Å². The fourth-order valence-electron chi connectivity index (χ4n) is 2.21. The smallest absolute Gasteiger partial charge is 0.283 e. The lowest BCUT2D eigenvalue weighted by molar-refractivity contribution is -0.114. The third kappa shape index (κ3) is 2.90. The number of thioether (sulfide) groups is 1. The molecule has 4 rings (SSSR count). The number of nitrogens with one attached hydrogen (secondary N) is 1. The zero-order chi connectivity index (χ0) is 16.7. The van der Waals surface area contributed by atoms with E-state index in [0.717, 1.165) is 5.04 Å². The zero-order valence-electron chi connectivity index (χ0n) is 12.0. The highest BCUT2D eigenvalue weighted by atomic mass is 79.9. The van der Waals surface area contributed by atoms with Crippen molar-refractivity contribution in [1.29, 1.82) is 5.41 Å². The number of fused-ring (bicyclic) bond motifs is 1. The predicted octanol–water partition coefficient (Wildman–Crippen LogP) is 3.97. The largest absolute Gasteiger partial charge is 0.450 e. The molecule has 0 radical (unpaired) electrons. The van der Waals surface area contributed by atoms with E-state index in [1.807, 2.05) is 17.5 Å². The fraction of sp³-hybridized carbons (Fsp3) is 0.0667. The summed E-state index contributed by atoms with van der Waals surface area (Å²) in [6, 6.07) is 7.45. The van der Waals surface area contributed by atoms with Crippen LogP contribution in [0.5, 0.6) is 0 Å². The minimum Gasteiger partial charge on any atom is -0.450 e. The Morgan fingerprint density at radius 2 is 2.25 bits per heavy atom. The molecule has 0 saturated carbocycles. The van der Waals surface area contributed by atoms with Gasteiger partial charge in [0.25, 0.3) is 5.91 Å². The third-order valence-corrected chi connectivity index (χ3v) is 5.49. The average Bonchev–Trinajstić information content (AvgIpc) is 3.26. The average molecular weight is 421 g/mol. The van der Waals surface area contributed by atoms with Crippen LogP contribution in [0.2, 0.25) is 0 Å². The summed E-state index contributed by atoms with van der Waals surface area (Å²) in [5.41, 5.74) is 0.155. The van der Waals surface area contributed by atoms with Crippen LogP contribution in [0.25, 0.3) is 6.08 Å². The van der Waals surface area contributed by atoms with Crippen molar-refractivity contribution >= 4 is 67.1 Å². The number of carbonyl (C=O) groups is 1. The van der Waals surface area contributed by atoms with Gasteiger partial charge in [0.2, 0.25) is 5.17 Å². The van der Waals surface area contributed by atoms with Crippen molar-refractivity contribution in [2.24, 2.45) is 10.1 Å². The van der Waals surface area contributed by atoms with Crippen LogP contribution in [0.4, 0.5) is 0 Å². The van der Waals surface area contributed by atoms with Crippen LogP contribution in [0, 0.1) is 5.41 Å². The molecule has 0 aromatic carbocycles. The molecule has 2 aromatic rings. The van der Waals surface area contributed by atoms with Crippen LogP contribution in [-0.2, 0) is 11.2 Å². The Morgan fingerprint density at radius 1 is 1.38 bits per heavy atom. The number of carbonyl (C=O) groups excluding carboxylic acids is 1. The Morgan fingerprint density at radius 3 is 2.96 bits per heavy atom. The molecule has 0 bridgehead atoms. The number of hydrazone groups is 1. The fourth-order valence-corrected chi connectivity index (χ4v) is 4.24. The first-order valence-corrected chi connectivity index (χ1v) is 9.36. The molecule has 1 N–H and O–H groups in total. The summed E-state index contributed by atoms with van der Waals surface area (Å²) in [5, 5.41) is 17.4. The molecular formula is C15H9BrN4O2S2. The van der Waals surface area contributed by atoms with Gasteiger partial charge in [0.05, 0.1) is 5.57 Å². The molecule has 9 heteroatoms. The number of thiophene rings is 1. The van der Waals surface area contributed by atoms with E-state index in [9.17, 15) is 4.79 Å². The molecule has 0 unspecified atom stereocenters. The van der Waals surface area contributed by atoms with Gasteiger partial charge in [0.1, 0.15) is 10.8 Å². The Kier molecular flexibility index (Phi) is 3.99. The van der Waals surface area contributed by atoms with E-state index in [4.69, 9.17) is 9.83 Å². The molecule has 0 atom stereocenters. The van der Waals surface area contributed by atoms with Crippen LogP contribution in [-0.4, -0.2) is 27.0 Å². The number of rotatable bonds is 3. The molecule has 2 aliphatic heterocycles. The highest BCUT2D eigenvalue weighted by Crippen LogP contribution is 2.30. The second-order valence-electron chi connectivity index (χ2n) is 4.91. The maximum Gasteiger partial charge on any atom is 0.283 e. The number of aliphatic imine (C=N–C) groups is 1. The zero-order valence-corrected chi connectivity index (χ0v) is 15.2. The van der Waals surface area contributed by atoms with E-state index < -0.39 is 5.91 Å². The molecule has 24 heavy (non-hydrogen) atoms. The summed E-state index contributed by atoms with van der Waals surface area (Å²) in [4.78, 5) is 17.5. The molecule has 1 amide bonds. The van der Waals surface area contributed by atoms with Gasteiger partial charge in [0, 0.05) is 11.3 Å². The van der Waals surface area contributed by atoms with Crippen LogP contribution in [0.15, 0.2) is 54.4 Å². The molecule has 6 nitrogen and oxygen atoms in total. The summed E-state index contributed by atoms with van der Waals surface area (Å²) in [7, 11) is 0. The number of hydrogen-bond acceptors (Lipinski definition) is 6. The normalized spacial score (nSPS) is 18.9. The first-order chi connectivity index (χ1) is 11.6. The Labute approximate surface area is 153 Å². The summed E-state index contributed by atoms with van der Waals surface area (Å²) in [6.07, 6.45) is 2.18. The minimum absolute atomic E-state index is 0.00574. The van der Waals surface area contributed by atoms with E-state index in [1.165, 1.54) is 27.7 Å². The van der Waals surface area contributed by atoms with Crippen molar-refractivity contribution in [3.63, 3.8) is 0 Å². The monoisotopic (exact) mass is 420 g/mol. The lowest BCUT2D eigenvalue weighted by Crippen LogP contribution is -2.35. The number of amidine groups is 2. The quantitative estimate of drug-likeness (QED) is 0.761. The number of furan rings is 1. The van der Waals surface area contributed by atoms with Gasteiger partial charge in [-0.3, -0.25) is 10.2 Å². The lowest BCUT2D eigenvalue weighted by atomic mass is 10.1. The van der Waals surface area contributed by atoms with Crippen LogP contribution >= 0.6 is 39.0 Å². The Bertz CT molecular complexity index is 927. The summed E-state index contributed by atoms with van der Waals surface area (Å²) < 4.78 is 5.93. The molecule has 0 spiro atoms. The van der Waals surface area contributed by atoms with Crippen LogP contribution < -0.4 is 0 Å². The molecule has 0 aliphatic carbocycles. The van der Waals surface area contributed by atoms with Gasteiger partial charge in [-0.25, -0.2) is 0 Å². The predicted molar refractivity (Wildman–Crippen MR) is 99.4 cm³/mol. The van der Waals surface area contributed by atoms with Crippen molar-refractivity contribution < 1.29 is 9.21 Å². The van der Waals surface area contributed by atoms with E-state index in [1.54, 1.807) is 23.5 Å². The van der Waals surface area contributed by atoms with E-state index >= 15 is 0 Å². The van der Waals surface area contributed by atoms with Gasteiger partial charge in [-0.2, -0.15) is 15.1 Å². The molecular weight excluding hydrogens is 412 g/mol. The molecule has 4 heterocycles. The van der Waals surface area contributed by atoms with Gasteiger partial charge in [-0.1, -0.05) is 6.07 Å². The van der Waals surface area contributed by atoms with Crippen molar-refractivity contribution in [1.82, 2.24) is 5.01 Å². The Hall–Kier alpha value is -1.97. The van der Waals surface area contributed by atoms with Crippen molar-refractivity contribution in [3.05, 3.63) is 50.5 Å². The highest BCUT2D eigenvalue weighted by Gasteiger charge is 2.35. The Balaban J connectivity index is 1.62. The third-order valence-electron chi connectivity index (χ3n) is 3.28. The number of hydrogen-bond donors (Lipinski definition) is 1. The SMILES string of the molecule is N=C1C(=Cc2ccc(Br)o2)C(=O)N=C2SC(Cc3cccs3)=NN12. The molecule has 0 saturated heterocycles. The maximum atomic E-state index is 12.2. The molecule has 120 valence electrons. The summed E-state index contributed by atoms with van der Waals surface area (Å²) in [5.74, 6) is 0.0216. The minimum atomic E-state index is -0.459. The molecule has 2 aliphatic rings. The number of amides is 1. The van der Waals surface area contributed by atoms with E-state index in [-0.39, 0.29) is 11.4 Å². The first kappa shape index (κ1) is 15.6. The number of nitrogens with zero attached hydrogens (tertiary/aromatic N) is 3. The van der Waals surface area contributed by atoms with E-state index in [2.05, 4.69) is 26.0 Å². The van der Waals surface area contributed by atoms with Crippen molar-refractivity contribution in [2.75, 3.05) is 0 Å². The van der Waals surface area contributed by atoms with Gasteiger partial charge in [-0.05, 0) is 57.3 Å². The van der Waals surface area contributed by atoms with Gasteiger partial charge >= 0.3 is 0 Å². The maximum absolute atomic E-state index is 12.2. The van der Waals surface area contributed by atoms with Crippen molar-refractivity contribution in [2.45, 2.75) is 6.42 Å².